The number of nitrogens with zero attached hydrogens (tertiary/aromatic N) is 3. The van der Waals surface area contributed by atoms with E-state index in [-0.39, 0.29) is 11.3 Å². The summed E-state index contributed by atoms with van der Waals surface area (Å²) in [5.41, 5.74) is 1.14. The third-order valence-electron chi connectivity index (χ3n) is 2.50. The van der Waals surface area contributed by atoms with Crippen LogP contribution in [0.3, 0.4) is 0 Å². The molecule has 2 rings (SSSR count). The molecule has 2 heterocycles. The molecule has 2 aromatic heterocycles. The first-order valence-electron chi connectivity index (χ1n) is 5.10. The Hall–Kier alpha value is -1.48. The summed E-state index contributed by atoms with van der Waals surface area (Å²) in [5.74, 6) is 0.820. The topological polar surface area (TPSA) is 38.7 Å². The Balaban J connectivity index is 2.20. The molecule has 0 saturated carbocycles. The Kier molecular flexibility index (Phi) is 3.47. The Bertz CT molecular complexity index is 389. The number of hydrogen-bond donors (Lipinski definition) is 0. The lowest BCUT2D eigenvalue weighted by molar-refractivity contribution is 0.690. The number of alkyl halides is 1. The smallest absolute Gasteiger partial charge is 0.146 e. The number of aromatic nitrogens is 3. The maximum Gasteiger partial charge on any atom is 0.146 e. The van der Waals surface area contributed by atoms with Crippen molar-refractivity contribution in [3.8, 4) is 0 Å². The van der Waals surface area contributed by atoms with E-state index in [0.717, 1.165) is 5.56 Å². The first kappa shape index (κ1) is 11.0. The van der Waals surface area contributed by atoms with Crippen LogP contribution in [0.25, 0.3) is 0 Å². The lowest BCUT2D eigenvalue weighted by Gasteiger charge is -2.16. The third kappa shape index (κ3) is 2.36. The average Bonchev–Trinajstić information content (AvgIpc) is 2.39. The monoisotopic (exact) mass is 233 g/mol. The minimum absolute atomic E-state index is 0.159. The van der Waals surface area contributed by atoms with Crippen molar-refractivity contribution >= 4 is 11.6 Å². The van der Waals surface area contributed by atoms with Crippen LogP contribution in [0.1, 0.15) is 29.6 Å². The predicted molar refractivity (Wildman–Crippen MR) is 63.3 cm³/mol. The third-order valence-corrected chi connectivity index (χ3v) is 3.08. The second-order valence-electron chi connectivity index (χ2n) is 3.58. The average molecular weight is 234 g/mol. The Morgan fingerprint density at radius 3 is 2.31 bits per heavy atom. The summed E-state index contributed by atoms with van der Waals surface area (Å²) in [6.07, 6.45) is 6.94. The zero-order valence-corrected chi connectivity index (χ0v) is 9.67. The van der Waals surface area contributed by atoms with Crippen LogP contribution in [0.15, 0.2) is 43.0 Å². The molecule has 0 fully saturated rings. The van der Waals surface area contributed by atoms with E-state index in [9.17, 15) is 0 Å². The molecule has 0 radical (unpaired) electrons. The van der Waals surface area contributed by atoms with Gasteiger partial charge in [-0.2, -0.15) is 0 Å². The van der Waals surface area contributed by atoms with E-state index in [1.807, 2.05) is 12.1 Å². The largest absolute Gasteiger partial charge is 0.265 e. The van der Waals surface area contributed by atoms with E-state index in [0.29, 0.717) is 5.82 Å². The molecule has 0 aliphatic carbocycles. The molecule has 2 unspecified atom stereocenters. The van der Waals surface area contributed by atoms with Gasteiger partial charge in [-0.15, -0.1) is 11.6 Å². The molecule has 0 spiro atoms. The van der Waals surface area contributed by atoms with Crippen LogP contribution in [0.2, 0.25) is 0 Å². The van der Waals surface area contributed by atoms with Crippen LogP contribution in [0, 0.1) is 0 Å². The van der Waals surface area contributed by atoms with Gasteiger partial charge in [-0.05, 0) is 23.8 Å². The molecule has 0 bridgehead atoms. The van der Waals surface area contributed by atoms with Gasteiger partial charge in [0.25, 0.3) is 0 Å². The fourth-order valence-corrected chi connectivity index (χ4v) is 1.77. The van der Waals surface area contributed by atoms with Crippen LogP contribution in [-0.4, -0.2) is 15.0 Å². The van der Waals surface area contributed by atoms with Crippen molar-refractivity contribution in [1.29, 1.82) is 0 Å². The second kappa shape index (κ2) is 5.03. The molecule has 16 heavy (non-hydrogen) atoms. The lowest BCUT2D eigenvalue weighted by Crippen LogP contribution is -2.06. The van der Waals surface area contributed by atoms with Crippen LogP contribution >= 0.6 is 11.6 Å². The van der Waals surface area contributed by atoms with E-state index in [4.69, 9.17) is 11.6 Å². The highest BCUT2D eigenvalue weighted by Gasteiger charge is 2.20. The predicted octanol–water partition coefficient (Wildman–Crippen LogP) is 2.96. The van der Waals surface area contributed by atoms with E-state index in [2.05, 4.69) is 21.9 Å². The summed E-state index contributed by atoms with van der Waals surface area (Å²) in [5, 5.41) is -0.219. The van der Waals surface area contributed by atoms with Crippen LogP contribution in [0.4, 0.5) is 0 Å². The summed E-state index contributed by atoms with van der Waals surface area (Å²) in [7, 11) is 0. The molecule has 82 valence electrons. The number of hydrogen-bond acceptors (Lipinski definition) is 3. The second-order valence-corrected chi connectivity index (χ2v) is 4.05. The van der Waals surface area contributed by atoms with Crippen LogP contribution in [-0.2, 0) is 0 Å². The number of rotatable bonds is 3. The van der Waals surface area contributed by atoms with Gasteiger partial charge in [-0.1, -0.05) is 6.92 Å². The van der Waals surface area contributed by atoms with Gasteiger partial charge in [0, 0.05) is 30.7 Å². The molecular weight excluding hydrogens is 222 g/mol. The highest BCUT2D eigenvalue weighted by Crippen LogP contribution is 2.33. The van der Waals surface area contributed by atoms with E-state index in [1.54, 1.807) is 30.9 Å². The molecule has 0 aliphatic heterocycles. The van der Waals surface area contributed by atoms with Gasteiger partial charge in [0.15, 0.2) is 0 Å². The quantitative estimate of drug-likeness (QED) is 0.765. The van der Waals surface area contributed by atoms with Crippen molar-refractivity contribution < 1.29 is 0 Å². The summed E-state index contributed by atoms with van der Waals surface area (Å²) in [4.78, 5) is 12.3. The molecule has 3 nitrogen and oxygen atoms in total. The highest BCUT2D eigenvalue weighted by atomic mass is 35.5. The number of halogens is 1. The lowest BCUT2D eigenvalue weighted by atomic mass is 9.98. The fourth-order valence-electron chi connectivity index (χ4n) is 1.51. The summed E-state index contributed by atoms with van der Waals surface area (Å²) < 4.78 is 0. The summed E-state index contributed by atoms with van der Waals surface area (Å²) in [6, 6.07) is 5.70. The zero-order chi connectivity index (χ0) is 11.4. The minimum Gasteiger partial charge on any atom is -0.265 e. The standard InChI is InChI=1S/C12H12ClN3/c1-9(10-3-7-14-8-4-10)11(13)12-15-5-2-6-16-12/h2-9,11H,1H3. The molecule has 2 atom stereocenters. The van der Waals surface area contributed by atoms with Gasteiger partial charge in [0.1, 0.15) is 5.82 Å². The van der Waals surface area contributed by atoms with Crippen molar-refractivity contribution in [3.05, 3.63) is 54.4 Å². The fraction of sp³-hybridized carbons (Fsp3) is 0.250. The highest BCUT2D eigenvalue weighted by molar-refractivity contribution is 6.21. The molecule has 4 heteroatoms. The summed E-state index contributed by atoms with van der Waals surface area (Å²) >= 11 is 6.35. The number of pyridine rings is 1. The molecule has 0 N–H and O–H groups in total. The van der Waals surface area contributed by atoms with Gasteiger partial charge < -0.3 is 0 Å². The van der Waals surface area contributed by atoms with Gasteiger partial charge in [0.2, 0.25) is 0 Å². The van der Waals surface area contributed by atoms with Gasteiger partial charge >= 0.3 is 0 Å². The molecular formula is C12H12ClN3. The van der Waals surface area contributed by atoms with E-state index >= 15 is 0 Å². The Labute approximate surface area is 99.5 Å². The molecule has 0 aromatic carbocycles. The molecule has 0 aliphatic rings. The minimum atomic E-state index is -0.219. The molecule has 2 aromatic rings. The maximum atomic E-state index is 6.35. The van der Waals surface area contributed by atoms with Crippen LogP contribution < -0.4 is 0 Å². The SMILES string of the molecule is CC(c1ccncc1)C(Cl)c1ncccn1. The molecule has 0 saturated heterocycles. The van der Waals surface area contributed by atoms with Gasteiger partial charge in [-0.25, -0.2) is 9.97 Å². The van der Waals surface area contributed by atoms with E-state index in [1.165, 1.54) is 0 Å². The Morgan fingerprint density at radius 1 is 1.06 bits per heavy atom. The van der Waals surface area contributed by atoms with Gasteiger partial charge in [0.05, 0.1) is 5.38 Å². The first-order valence-corrected chi connectivity index (χ1v) is 5.53. The van der Waals surface area contributed by atoms with Crippen molar-refractivity contribution in [1.82, 2.24) is 15.0 Å². The van der Waals surface area contributed by atoms with Crippen molar-refractivity contribution in [3.63, 3.8) is 0 Å². The maximum absolute atomic E-state index is 6.35. The first-order chi connectivity index (χ1) is 7.79. The van der Waals surface area contributed by atoms with Crippen molar-refractivity contribution in [2.45, 2.75) is 18.2 Å². The molecule has 0 amide bonds. The van der Waals surface area contributed by atoms with Crippen molar-refractivity contribution in [2.75, 3.05) is 0 Å². The van der Waals surface area contributed by atoms with Crippen LogP contribution in [0.5, 0.6) is 0 Å². The Morgan fingerprint density at radius 2 is 1.69 bits per heavy atom. The van der Waals surface area contributed by atoms with Crippen molar-refractivity contribution in [2.24, 2.45) is 0 Å². The van der Waals surface area contributed by atoms with E-state index < -0.39 is 0 Å². The zero-order valence-electron chi connectivity index (χ0n) is 8.92. The van der Waals surface area contributed by atoms with Gasteiger partial charge in [-0.3, -0.25) is 4.98 Å². The summed E-state index contributed by atoms with van der Waals surface area (Å²) in [6.45, 7) is 2.06. The normalized spacial score (nSPS) is 14.4.